The number of nitrogens with zero attached hydrogens (tertiary/aromatic N) is 3. The van der Waals surface area contributed by atoms with E-state index in [2.05, 4.69) is 30.6 Å². The quantitative estimate of drug-likeness (QED) is 0.259. The summed E-state index contributed by atoms with van der Waals surface area (Å²) in [4.78, 5) is 60.8. The van der Waals surface area contributed by atoms with E-state index in [0.29, 0.717) is 11.4 Å². The number of nitrogens with one attached hydrogen (secondary N) is 3. The summed E-state index contributed by atoms with van der Waals surface area (Å²) in [5, 5.41) is 23.3. The highest BCUT2D eigenvalue weighted by molar-refractivity contribution is 5.97. The lowest BCUT2D eigenvalue weighted by Crippen LogP contribution is -2.41. The van der Waals surface area contributed by atoms with Crippen molar-refractivity contribution < 1.29 is 24.6 Å². The van der Waals surface area contributed by atoms with Crippen LogP contribution in [0.5, 0.6) is 0 Å². The van der Waals surface area contributed by atoms with Gasteiger partial charge in [0.05, 0.1) is 18.4 Å². The average Bonchev–Trinajstić information content (AvgIpc) is 2.75. The van der Waals surface area contributed by atoms with E-state index in [1.54, 1.807) is 12.1 Å². The third-order valence-corrected chi connectivity index (χ3v) is 4.33. The van der Waals surface area contributed by atoms with E-state index >= 15 is 0 Å². The standard InChI is InChI=1S/C19H19N7O6/c20-19-25-15-14(17(30)26-19)23-11(8-22-15)7-21-10-3-1-2-9(6-10)16(29)24-12(18(31)32)4-5-13(27)28/h1-3,6,8,12,21H,4-5,7H2,(H,24,29)(H,27,28)(H,31,32)(H3,20,22,25,26,30). The number of carboxylic acid groups (broad SMARTS) is 2. The Kier molecular flexibility index (Phi) is 6.58. The van der Waals surface area contributed by atoms with Crippen LogP contribution in [0.25, 0.3) is 11.2 Å². The Labute approximate surface area is 179 Å². The minimum Gasteiger partial charge on any atom is -0.481 e. The second-order valence-electron chi connectivity index (χ2n) is 6.72. The van der Waals surface area contributed by atoms with Crippen LogP contribution >= 0.6 is 0 Å². The van der Waals surface area contributed by atoms with Crippen LogP contribution in [0, 0.1) is 0 Å². The average molecular weight is 441 g/mol. The van der Waals surface area contributed by atoms with Gasteiger partial charge in [0.2, 0.25) is 5.95 Å². The van der Waals surface area contributed by atoms with E-state index in [4.69, 9.17) is 10.8 Å². The number of fused-ring (bicyclic) bond motifs is 1. The number of aliphatic carboxylic acids is 2. The molecule has 166 valence electrons. The first-order valence-electron chi connectivity index (χ1n) is 9.33. The molecule has 32 heavy (non-hydrogen) atoms. The molecule has 7 N–H and O–H groups in total. The zero-order valence-corrected chi connectivity index (χ0v) is 16.5. The maximum absolute atomic E-state index is 12.4. The molecule has 1 amide bonds. The molecule has 0 spiro atoms. The van der Waals surface area contributed by atoms with Gasteiger partial charge in [-0.1, -0.05) is 6.07 Å². The summed E-state index contributed by atoms with van der Waals surface area (Å²) in [6, 6.07) is 4.92. The molecule has 0 aliphatic heterocycles. The smallest absolute Gasteiger partial charge is 0.326 e. The molecule has 13 heteroatoms. The van der Waals surface area contributed by atoms with Gasteiger partial charge in [-0.25, -0.2) is 14.8 Å². The molecule has 3 aromatic rings. The van der Waals surface area contributed by atoms with Gasteiger partial charge in [-0.05, 0) is 24.6 Å². The maximum atomic E-state index is 12.4. The third kappa shape index (κ3) is 5.53. The zero-order chi connectivity index (χ0) is 23.3. The summed E-state index contributed by atoms with van der Waals surface area (Å²) < 4.78 is 0. The zero-order valence-electron chi connectivity index (χ0n) is 16.5. The highest BCUT2D eigenvalue weighted by Crippen LogP contribution is 2.13. The minimum atomic E-state index is -1.33. The topological polar surface area (TPSA) is 213 Å². The van der Waals surface area contributed by atoms with Crippen LogP contribution < -0.4 is 21.9 Å². The molecule has 0 fully saturated rings. The summed E-state index contributed by atoms with van der Waals surface area (Å²) in [6.07, 6.45) is 0.795. The van der Waals surface area contributed by atoms with Crippen molar-refractivity contribution >= 4 is 40.6 Å². The monoisotopic (exact) mass is 441 g/mol. The SMILES string of the molecule is Nc1nc2ncc(CNc3cccc(C(=O)NC(CCC(=O)O)C(=O)O)c3)nc2c(=O)[nH]1. The summed E-state index contributed by atoms with van der Waals surface area (Å²) >= 11 is 0. The fourth-order valence-corrected chi connectivity index (χ4v) is 2.79. The number of hydrogen-bond donors (Lipinski definition) is 6. The van der Waals surface area contributed by atoms with Gasteiger partial charge in [0, 0.05) is 17.7 Å². The number of carboxylic acids is 2. The number of nitrogen functional groups attached to an aromatic ring is 1. The van der Waals surface area contributed by atoms with Crippen LogP contribution in [-0.4, -0.2) is 54.0 Å². The molecule has 2 aromatic heterocycles. The van der Waals surface area contributed by atoms with Crippen LogP contribution in [0.15, 0.2) is 35.3 Å². The van der Waals surface area contributed by atoms with Crippen molar-refractivity contribution in [3.63, 3.8) is 0 Å². The summed E-state index contributed by atoms with van der Waals surface area (Å²) in [6.45, 7) is 0.175. The Morgan fingerprint density at radius 3 is 2.69 bits per heavy atom. The Hall–Kier alpha value is -4.55. The number of carbonyl (C=O) groups is 3. The first kappa shape index (κ1) is 22.1. The molecule has 0 bridgehead atoms. The number of carbonyl (C=O) groups excluding carboxylic acids is 1. The maximum Gasteiger partial charge on any atom is 0.326 e. The van der Waals surface area contributed by atoms with Crippen molar-refractivity contribution in [2.45, 2.75) is 25.4 Å². The van der Waals surface area contributed by atoms with Crippen LogP contribution in [0.4, 0.5) is 11.6 Å². The Morgan fingerprint density at radius 1 is 1.19 bits per heavy atom. The molecule has 2 heterocycles. The fourth-order valence-electron chi connectivity index (χ4n) is 2.79. The van der Waals surface area contributed by atoms with Crippen molar-refractivity contribution in [1.29, 1.82) is 0 Å². The van der Waals surface area contributed by atoms with Crippen molar-refractivity contribution in [2.24, 2.45) is 0 Å². The number of nitrogens with two attached hydrogens (primary N) is 1. The summed E-state index contributed by atoms with van der Waals surface area (Å²) in [5.41, 5.74) is 6.25. The Morgan fingerprint density at radius 2 is 1.97 bits per heavy atom. The lowest BCUT2D eigenvalue weighted by molar-refractivity contribution is -0.140. The highest BCUT2D eigenvalue weighted by Gasteiger charge is 2.21. The number of anilines is 2. The molecule has 3 rings (SSSR count). The van der Waals surface area contributed by atoms with E-state index < -0.39 is 35.9 Å². The normalized spacial score (nSPS) is 11.6. The van der Waals surface area contributed by atoms with Crippen molar-refractivity contribution in [1.82, 2.24) is 25.3 Å². The molecule has 0 saturated carbocycles. The predicted molar refractivity (Wildman–Crippen MR) is 112 cm³/mol. The van der Waals surface area contributed by atoms with Gasteiger partial charge in [-0.2, -0.15) is 4.98 Å². The van der Waals surface area contributed by atoms with Gasteiger partial charge in [-0.15, -0.1) is 0 Å². The number of benzene rings is 1. The molecule has 1 atom stereocenters. The van der Waals surface area contributed by atoms with Gasteiger partial charge in [0.25, 0.3) is 11.5 Å². The van der Waals surface area contributed by atoms with Gasteiger partial charge >= 0.3 is 11.9 Å². The van der Waals surface area contributed by atoms with Crippen molar-refractivity contribution in [2.75, 3.05) is 11.1 Å². The number of aromatic amines is 1. The predicted octanol–water partition coefficient (Wildman–Crippen LogP) is -0.0448. The van der Waals surface area contributed by atoms with Gasteiger partial charge in [0.15, 0.2) is 11.2 Å². The second-order valence-corrected chi connectivity index (χ2v) is 6.72. The number of aromatic nitrogens is 4. The third-order valence-electron chi connectivity index (χ3n) is 4.33. The molecule has 0 radical (unpaired) electrons. The molecule has 13 nitrogen and oxygen atoms in total. The number of H-pyrrole nitrogens is 1. The largest absolute Gasteiger partial charge is 0.481 e. The van der Waals surface area contributed by atoms with E-state index in [1.807, 2.05) is 0 Å². The molecule has 0 aliphatic rings. The molecule has 0 saturated heterocycles. The lowest BCUT2D eigenvalue weighted by Gasteiger charge is -2.14. The number of rotatable bonds is 9. The fraction of sp³-hybridized carbons (Fsp3) is 0.211. The Bertz CT molecular complexity index is 1240. The van der Waals surface area contributed by atoms with Crippen LogP contribution in [0.2, 0.25) is 0 Å². The van der Waals surface area contributed by atoms with E-state index in [-0.39, 0.29) is 35.6 Å². The molecule has 1 aromatic carbocycles. The molecular weight excluding hydrogens is 422 g/mol. The van der Waals surface area contributed by atoms with Crippen LogP contribution in [0.3, 0.4) is 0 Å². The van der Waals surface area contributed by atoms with Crippen LogP contribution in [-0.2, 0) is 16.1 Å². The van der Waals surface area contributed by atoms with Gasteiger partial charge in [-0.3, -0.25) is 19.4 Å². The van der Waals surface area contributed by atoms with Gasteiger partial charge < -0.3 is 26.6 Å². The summed E-state index contributed by atoms with van der Waals surface area (Å²) in [7, 11) is 0. The van der Waals surface area contributed by atoms with E-state index in [0.717, 1.165) is 0 Å². The van der Waals surface area contributed by atoms with Gasteiger partial charge in [0.1, 0.15) is 6.04 Å². The highest BCUT2D eigenvalue weighted by atomic mass is 16.4. The first-order valence-corrected chi connectivity index (χ1v) is 9.33. The number of hydrogen-bond acceptors (Lipinski definition) is 9. The molecule has 1 unspecified atom stereocenters. The number of amides is 1. The summed E-state index contributed by atoms with van der Waals surface area (Å²) in [5.74, 6) is -3.21. The van der Waals surface area contributed by atoms with Crippen LogP contribution in [0.1, 0.15) is 28.9 Å². The molecule has 0 aliphatic carbocycles. The van der Waals surface area contributed by atoms with Crippen molar-refractivity contribution in [3.8, 4) is 0 Å². The van der Waals surface area contributed by atoms with E-state index in [1.165, 1.54) is 18.3 Å². The lowest BCUT2D eigenvalue weighted by atomic mass is 10.1. The van der Waals surface area contributed by atoms with Crippen molar-refractivity contribution in [3.05, 3.63) is 52.1 Å². The molecular formula is C19H19N7O6. The minimum absolute atomic E-state index is 0.0349. The van der Waals surface area contributed by atoms with E-state index in [9.17, 15) is 24.3 Å². The second kappa shape index (κ2) is 9.51. The first-order chi connectivity index (χ1) is 15.2. The Balaban J connectivity index is 1.68.